The fraction of sp³-hybridized carbons (Fsp3) is 0.714. The van der Waals surface area contributed by atoms with Crippen molar-refractivity contribution in [1.29, 1.82) is 0 Å². The Kier molecular flexibility index (Phi) is 3.55. The molecular weight excluding hydrogens is 238 g/mol. The molecule has 3 N–H and O–H groups in total. The van der Waals surface area contributed by atoms with Crippen LogP contribution in [0.1, 0.15) is 43.7 Å². The summed E-state index contributed by atoms with van der Waals surface area (Å²) in [7, 11) is 2.02. The van der Waals surface area contributed by atoms with Gasteiger partial charge in [0, 0.05) is 31.1 Å². The number of hydrogen-bond donors (Lipinski definition) is 2. The molecule has 2 aliphatic rings. The minimum Gasteiger partial charge on any atom is -0.368 e. The molecule has 1 unspecified atom stereocenters. The van der Waals surface area contributed by atoms with Crippen molar-refractivity contribution in [2.45, 2.75) is 44.1 Å². The van der Waals surface area contributed by atoms with Gasteiger partial charge in [-0.1, -0.05) is 12.8 Å². The fourth-order valence-electron chi connectivity index (χ4n) is 3.27. The first-order valence-electron chi connectivity index (χ1n) is 7.33. The van der Waals surface area contributed by atoms with Crippen LogP contribution in [0.4, 0.5) is 11.8 Å². The van der Waals surface area contributed by atoms with Gasteiger partial charge in [-0.25, -0.2) is 4.98 Å². The number of nitrogens with two attached hydrogens (primary N) is 1. The zero-order valence-electron chi connectivity index (χ0n) is 11.6. The van der Waals surface area contributed by atoms with Gasteiger partial charge in [-0.05, 0) is 26.3 Å². The highest BCUT2D eigenvalue weighted by Crippen LogP contribution is 2.34. The lowest BCUT2D eigenvalue weighted by atomic mass is 10.0. The lowest BCUT2D eigenvalue weighted by molar-refractivity contribution is 0.616. The van der Waals surface area contributed by atoms with Gasteiger partial charge in [-0.3, -0.25) is 0 Å². The van der Waals surface area contributed by atoms with Crippen LogP contribution in [-0.2, 0) is 0 Å². The Morgan fingerprint density at radius 1 is 1.26 bits per heavy atom. The molecule has 19 heavy (non-hydrogen) atoms. The number of nitrogens with zero attached hydrogens (tertiary/aromatic N) is 3. The number of aromatic nitrogens is 2. The van der Waals surface area contributed by atoms with Crippen molar-refractivity contribution in [1.82, 2.24) is 15.3 Å². The van der Waals surface area contributed by atoms with Crippen LogP contribution in [0, 0.1) is 0 Å². The maximum absolute atomic E-state index is 5.90. The Morgan fingerprint density at radius 3 is 2.74 bits per heavy atom. The van der Waals surface area contributed by atoms with Crippen molar-refractivity contribution in [2.24, 2.45) is 0 Å². The Balaban J connectivity index is 1.81. The Morgan fingerprint density at radius 2 is 2.05 bits per heavy atom. The predicted octanol–water partition coefficient (Wildman–Crippen LogP) is 1.51. The monoisotopic (exact) mass is 261 g/mol. The Bertz CT molecular complexity index is 441. The molecule has 1 aromatic rings. The van der Waals surface area contributed by atoms with Crippen LogP contribution in [0.3, 0.4) is 0 Å². The minimum absolute atomic E-state index is 0.423. The molecule has 0 aromatic carbocycles. The van der Waals surface area contributed by atoms with Gasteiger partial charge < -0.3 is 16.0 Å². The first-order valence-corrected chi connectivity index (χ1v) is 7.33. The number of anilines is 2. The van der Waals surface area contributed by atoms with Gasteiger partial charge in [0.25, 0.3) is 0 Å². The number of hydrogen-bond acceptors (Lipinski definition) is 5. The summed E-state index contributed by atoms with van der Waals surface area (Å²) in [5, 5.41) is 3.33. The average Bonchev–Trinajstić information content (AvgIpc) is 3.09. The lowest BCUT2D eigenvalue weighted by Gasteiger charge is -2.19. The van der Waals surface area contributed by atoms with Gasteiger partial charge >= 0.3 is 0 Å². The van der Waals surface area contributed by atoms with Crippen molar-refractivity contribution in [3.05, 3.63) is 11.8 Å². The molecule has 5 heteroatoms. The molecule has 1 aromatic heterocycles. The van der Waals surface area contributed by atoms with Gasteiger partial charge in [0.1, 0.15) is 5.82 Å². The lowest BCUT2D eigenvalue weighted by Crippen LogP contribution is -2.30. The Labute approximate surface area is 114 Å². The molecule has 1 saturated heterocycles. The van der Waals surface area contributed by atoms with E-state index in [1.54, 1.807) is 0 Å². The van der Waals surface area contributed by atoms with Gasteiger partial charge in [-0.15, -0.1) is 0 Å². The minimum atomic E-state index is 0.423. The normalized spacial score (nSPS) is 24.3. The largest absolute Gasteiger partial charge is 0.368 e. The molecule has 0 amide bonds. The van der Waals surface area contributed by atoms with Crippen molar-refractivity contribution >= 4 is 11.8 Å². The van der Waals surface area contributed by atoms with E-state index in [0.29, 0.717) is 17.9 Å². The first kappa shape index (κ1) is 12.7. The molecule has 1 aliphatic carbocycles. The van der Waals surface area contributed by atoms with Crippen molar-refractivity contribution in [3.8, 4) is 0 Å². The SMILES string of the molecule is CNC1CCN(c2cc(C3CCCC3)nc(N)n2)C1. The van der Waals surface area contributed by atoms with Crippen LogP contribution in [0.25, 0.3) is 0 Å². The van der Waals surface area contributed by atoms with Crippen LogP contribution in [0.2, 0.25) is 0 Å². The van der Waals surface area contributed by atoms with Gasteiger partial charge in [0.2, 0.25) is 5.95 Å². The number of likely N-dealkylation sites (N-methyl/N-ethyl adjacent to an activating group) is 1. The maximum Gasteiger partial charge on any atom is 0.222 e. The number of rotatable bonds is 3. The molecule has 1 aliphatic heterocycles. The first-order chi connectivity index (χ1) is 9.26. The van der Waals surface area contributed by atoms with E-state index in [2.05, 4.69) is 26.3 Å². The van der Waals surface area contributed by atoms with Crippen LogP contribution in [0.15, 0.2) is 6.07 Å². The smallest absolute Gasteiger partial charge is 0.222 e. The second-order valence-electron chi connectivity index (χ2n) is 5.71. The molecule has 5 nitrogen and oxygen atoms in total. The third-order valence-electron chi connectivity index (χ3n) is 4.44. The van der Waals surface area contributed by atoms with E-state index in [1.165, 1.54) is 32.1 Å². The second kappa shape index (κ2) is 5.33. The second-order valence-corrected chi connectivity index (χ2v) is 5.71. The number of nitrogen functional groups attached to an aromatic ring is 1. The van der Waals surface area contributed by atoms with Crippen molar-refractivity contribution in [3.63, 3.8) is 0 Å². The van der Waals surface area contributed by atoms with Crippen molar-refractivity contribution < 1.29 is 0 Å². The van der Waals surface area contributed by atoms with Crippen LogP contribution in [0.5, 0.6) is 0 Å². The average molecular weight is 261 g/mol. The summed E-state index contributed by atoms with van der Waals surface area (Å²) in [6.07, 6.45) is 6.29. The quantitative estimate of drug-likeness (QED) is 0.863. The summed E-state index contributed by atoms with van der Waals surface area (Å²) in [6.45, 7) is 2.06. The summed E-state index contributed by atoms with van der Waals surface area (Å²) in [5.41, 5.74) is 7.04. The third kappa shape index (κ3) is 2.66. The van der Waals surface area contributed by atoms with Crippen molar-refractivity contribution in [2.75, 3.05) is 30.8 Å². The summed E-state index contributed by atoms with van der Waals surface area (Å²) in [4.78, 5) is 11.2. The van der Waals surface area contributed by atoms with E-state index in [-0.39, 0.29) is 0 Å². The molecule has 2 heterocycles. The van der Waals surface area contributed by atoms with Crippen LogP contribution in [-0.4, -0.2) is 36.1 Å². The topological polar surface area (TPSA) is 67.1 Å². The van der Waals surface area contributed by atoms with E-state index in [0.717, 1.165) is 24.6 Å². The zero-order chi connectivity index (χ0) is 13.2. The highest BCUT2D eigenvalue weighted by atomic mass is 15.2. The zero-order valence-corrected chi connectivity index (χ0v) is 11.6. The summed E-state index contributed by atoms with van der Waals surface area (Å²) in [5.74, 6) is 2.02. The number of nitrogens with one attached hydrogen (secondary N) is 1. The molecule has 1 atom stereocenters. The highest BCUT2D eigenvalue weighted by molar-refractivity contribution is 5.45. The van der Waals surface area contributed by atoms with E-state index in [4.69, 9.17) is 5.73 Å². The standard InChI is InChI=1S/C14H23N5/c1-16-11-6-7-19(9-11)13-8-12(17-14(15)18-13)10-4-2-3-5-10/h8,10-11,16H,2-7,9H2,1H3,(H2,15,17,18). The summed E-state index contributed by atoms with van der Waals surface area (Å²) in [6, 6.07) is 2.72. The van der Waals surface area contributed by atoms with Crippen LogP contribution < -0.4 is 16.0 Å². The van der Waals surface area contributed by atoms with Gasteiger partial charge in [0.05, 0.1) is 5.69 Å². The molecule has 0 radical (unpaired) electrons. The Hall–Kier alpha value is -1.36. The highest BCUT2D eigenvalue weighted by Gasteiger charge is 2.25. The van der Waals surface area contributed by atoms with Gasteiger partial charge in [-0.2, -0.15) is 4.98 Å². The summed E-state index contributed by atoms with van der Waals surface area (Å²) < 4.78 is 0. The molecule has 0 spiro atoms. The van der Waals surface area contributed by atoms with E-state index in [1.807, 2.05) is 7.05 Å². The molecule has 3 rings (SSSR count). The van der Waals surface area contributed by atoms with Gasteiger partial charge in [0.15, 0.2) is 0 Å². The fourth-order valence-corrected chi connectivity index (χ4v) is 3.27. The van der Waals surface area contributed by atoms with E-state index < -0.39 is 0 Å². The summed E-state index contributed by atoms with van der Waals surface area (Å²) >= 11 is 0. The van der Waals surface area contributed by atoms with E-state index in [9.17, 15) is 0 Å². The van der Waals surface area contributed by atoms with Crippen LogP contribution >= 0.6 is 0 Å². The molecule has 104 valence electrons. The predicted molar refractivity (Wildman–Crippen MR) is 77.3 cm³/mol. The molecule has 1 saturated carbocycles. The molecule has 2 fully saturated rings. The third-order valence-corrected chi connectivity index (χ3v) is 4.44. The molecular formula is C14H23N5. The maximum atomic E-state index is 5.90. The van der Waals surface area contributed by atoms with E-state index >= 15 is 0 Å². The molecule has 0 bridgehead atoms.